The third kappa shape index (κ3) is 6.82. The zero-order valence-electron chi connectivity index (χ0n) is 37.0. The van der Waals surface area contributed by atoms with E-state index in [4.69, 9.17) is 4.74 Å². The first-order valence-corrected chi connectivity index (χ1v) is 23.0. The number of fused-ring (bicyclic) bond motifs is 7. The van der Waals surface area contributed by atoms with E-state index in [1.807, 2.05) is 13.8 Å². The van der Waals surface area contributed by atoms with E-state index in [1.165, 1.54) is 24.8 Å². The first-order valence-electron chi connectivity index (χ1n) is 23.0. The van der Waals surface area contributed by atoms with Gasteiger partial charge in [-0.1, -0.05) is 67.5 Å². The van der Waals surface area contributed by atoms with Crippen LogP contribution in [0.15, 0.2) is 12.2 Å². The highest BCUT2D eigenvalue weighted by atomic mass is 16.5. The van der Waals surface area contributed by atoms with Crippen LogP contribution in [0.1, 0.15) is 152 Å². The molecule has 1 N–H and O–H groups in total. The molecule has 0 spiro atoms. The number of amides is 1. The van der Waals surface area contributed by atoms with Crippen molar-refractivity contribution in [2.45, 2.75) is 164 Å². The van der Waals surface area contributed by atoms with Gasteiger partial charge in [0.25, 0.3) is 0 Å². The van der Waals surface area contributed by atoms with E-state index < -0.39 is 11.4 Å². The van der Waals surface area contributed by atoms with Gasteiger partial charge in [0, 0.05) is 50.7 Å². The molecule has 0 aromatic carbocycles. The van der Waals surface area contributed by atoms with Gasteiger partial charge in [-0.2, -0.15) is 0 Å². The molecule has 7 fully saturated rings. The summed E-state index contributed by atoms with van der Waals surface area (Å²) in [5, 5.41) is 9.39. The summed E-state index contributed by atoms with van der Waals surface area (Å²) >= 11 is 0. The Morgan fingerprint density at radius 2 is 1.48 bits per heavy atom. The lowest BCUT2D eigenvalue weighted by Gasteiger charge is -2.73. The fourth-order valence-corrected chi connectivity index (χ4v) is 15.9. The fourth-order valence-electron chi connectivity index (χ4n) is 15.9. The number of esters is 1. The topological polar surface area (TPSA) is 90.4 Å². The summed E-state index contributed by atoms with van der Waals surface area (Å²) < 4.78 is 6.32. The lowest BCUT2D eigenvalue weighted by molar-refractivity contribution is -0.250. The van der Waals surface area contributed by atoms with Crippen molar-refractivity contribution in [2.75, 3.05) is 45.8 Å². The molecule has 316 valence electrons. The summed E-state index contributed by atoms with van der Waals surface area (Å²) in [7, 11) is 0. The van der Waals surface area contributed by atoms with E-state index in [9.17, 15) is 14.7 Å². The molecule has 7 rings (SSSR count). The predicted octanol–water partition coefficient (Wildman–Crippen LogP) is 9.08. The van der Waals surface area contributed by atoms with Gasteiger partial charge in [-0.15, -0.1) is 0 Å². The SMILES string of the molecule is C=C(C)[C@@H]1CC[C@]2(C(=O)N3CCC[C@H]3CN3CCN(CC)CC3)CC[C@]3(C)[C@H](CC[C@@H]4[C@@]5(C)CC[C@H](OC(=O)CC(C)(C)CC(=O)O)C(C)(C)[C@@H]5CC[C@]43C)[C@@H]12. The molecule has 5 aliphatic carbocycles. The Balaban J connectivity index is 1.11. The van der Waals surface area contributed by atoms with Gasteiger partial charge >= 0.3 is 11.9 Å². The van der Waals surface area contributed by atoms with Crippen molar-refractivity contribution in [3.05, 3.63) is 12.2 Å². The summed E-state index contributed by atoms with van der Waals surface area (Å²) in [6.45, 7) is 33.1. The van der Waals surface area contributed by atoms with Crippen molar-refractivity contribution < 1.29 is 24.2 Å². The van der Waals surface area contributed by atoms with Crippen LogP contribution in [0.5, 0.6) is 0 Å². The second-order valence-corrected chi connectivity index (χ2v) is 22.6. The molecule has 8 nitrogen and oxygen atoms in total. The number of likely N-dealkylation sites (tertiary alicyclic amines) is 1. The molecule has 5 saturated carbocycles. The number of rotatable bonds is 10. The van der Waals surface area contributed by atoms with E-state index in [2.05, 4.69) is 69.7 Å². The van der Waals surface area contributed by atoms with Gasteiger partial charge in [0.2, 0.25) is 5.91 Å². The highest BCUT2D eigenvalue weighted by Crippen LogP contribution is 2.78. The van der Waals surface area contributed by atoms with Gasteiger partial charge in [0.05, 0.1) is 18.3 Å². The zero-order chi connectivity index (χ0) is 40.6. The van der Waals surface area contributed by atoms with Crippen molar-refractivity contribution in [3.8, 4) is 0 Å². The largest absolute Gasteiger partial charge is 0.481 e. The van der Waals surface area contributed by atoms with Crippen molar-refractivity contribution in [1.29, 1.82) is 0 Å². The molecule has 8 heteroatoms. The average molecular weight is 778 g/mol. The van der Waals surface area contributed by atoms with Gasteiger partial charge < -0.3 is 19.6 Å². The molecule has 56 heavy (non-hydrogen) atoms. The van der Waals surface area contributed by atoms with Gasteiger partial charge in [-0.05, 0) is 142 Å². The number of carboxylic acids is 1. The quantitative estimate of drug-likeness (QED) is 0.175. The van der Waals surface area contributed by atoms with E-state index in [-0.39, 0.29) is 52.0 Å². The van der Waals surface area contributed by atoms with Gasteiger partial charge in [0.15, 0.2) is 0 Å². The second-order valence-electron chi connectivity index (χ2n) is 22.6. The number of aliphatic carboxylic acids is 1. The van der Waals surface area contributed by atoms with Gasteiger partial charge in [-0.3, -0.25) is 19.3 Å². The lowest BCUT2D eigenvalue weighted by Crippen LogP contribution is -2.67. The van der Waals surface area contributed by atoms with Crippen LogP contribution < -0.4 is 0 Å². The van der Waals surface area contributed by atoms with Crippen LogP contribution in [0.3, 0.4) is 0 Å². The minimum absolute atomic E-state index is 0.0457. The Morgan fingerprint density at radius 3 is 2.14 bits per heavy atom. The van der Waals surface area contributed by atoms with E-state index in [0.29, 0.717) is 41.5 Å². The Labute approximate surface area is 340 Å². The number of ether oxygens (including phenoxy) is 1. The minimum Gasteiger partial charge on any atom is -0.481 e. The zero-order valence-corrected chi connectivity index (χ0v) is 37.0. The standard InChI is InChI=1S/C48H79N3O5/c1-11-49-25-27-50(28-26-49)31-33-13-12-24-51(33)42(55)48-21-16-34(32(2)3)41(48)35-14-15-37-45(8)19-18-38(56-40(54)30-43(4,5)29-39(52)53)44(6,7)36(45)17-20-47(37,10)46(35,9)22-23-48/h33-38,41H,2,11-31H2,1,3-10H3,(H,52,53)/t33-,34-,35+,36-,37+,38-,41+,45-,46+,47+,48-/m0/s1. The predicted molar refractivity (Wildman–Crippen MR) is 223 cm³/mol. The Morgan fingerprint density at radius 1 is 0.786 bits per heavy atom. The third-order valence-corrected chi connectivity index (χ3v) is 19.0. The molecule has 0 aromatic heterocycles. The smallest absolute Gasteiger partial charge is 0.306 e. The maximum atomic E-state index is 15.4. The highest BCUT2D eigenvalue weighted by molar-refractivity contribution is 5.84. The molecule has 2 saturated heterocycles. The lowest BCUT2D eigenvalue weighted by atomic mass is 9.32. The highest BCUT2D eigenvalue weighted by Gasteiger charge is 2.72. The molecular formula is C48H79N3O5. The van der Waals surface area contributed by atoms with Gasteiger partial charge in [-0.25, -0.2) is 0 Å². The summed E-state index contributed by atoms with van der Waals surface area (Å²) in [5.41, 5.74) is 0.712. The van der Waals surface area contributed by atoms with Crippen LogP contribution in [0.4, 0.5) is 0 Å². The molecule has 0 aromatic rings. The van der Waals surface area contributed by atoms with Crippen LogP contribution in [0, 0.1) is 62.1 Å². The maximum Gasteiger partial charge on any atom is 0.306 e. The van der Waals surface area contributed by atoms with E-state index in [0.717, 1.165) is 104 Å². The Kier molecular flexibility index (Phi) is 11.3. The number of hydrogen-bond donors (Lipinski definition) is 1. The number of piperazine rings is 1. The third-order valence-electron chi connectivity index (χ3n) is 19.0. The molecule has 11 atom stereocenters. The van der Waals surface area contributed by atoms with Crippen molar-refractivity contribution in [2.24, 2.45) is 62.1 Å². The summed E-state index contributed by atoms with van der Waals surface area (Å²) in [5.74, 6) is 1.72. The minimum atomic E-state index is -0.879. The van der Waals surface area contributed by atoms with Crippen LogP contribution >= 0.6 is 0 Å². The van der Waals surface area contributed by atoms with E-state index >= 15 is 4.79 Å². The molecule has 0 radical (unpaired) electrons. The average Bonchev–Trinajstić information content (AvgIpc) is 3.75. The number of carbonyl (C=O) groups is 3. The van der Waals surface area contributed by atoms with E-state index in [1.54, 1.807) is 0 Å². The first-order chi connectivity index (χ1) is 26.2. The normalized spacial score (nSPS) is 42.6. The monoisotopic (exact) mass is 778 g/mol. The van der Waals surface area contributed by atoms with Crippen molar-refractivity contribution in [3.63, 3.8) is 0 Å². The van der Waals surface area contributed by atoms with Crippen molar-refractivity contribution >= 4 is 17.8 Å². The molecule has 2 aliphatic heterocycles. The second kappa shape index (κ2) is 15.0. The van der Waals surface area contributed by atoms with Gasteiger partial charge in [0.1, 0.15) is 6.10 Å². The molecule has 0 unspecified atom stereocenters. The van der Waals surface area contributed by atoms with Crippen LogP contribution in [0.25, 0.3) is 0 Å². The van der Waals surface area contributed by atoms with Crippen molar-refractivity contribution in [1.82, 2.24) is 14.7 Å². The number of nitrogens with zero attached hydrogens (tertiary/aromatic N) is 3. The summed E-state index contributed by atoms with van der Waals surface area (Å²) in [4.78, 5) is 47.8. The first kappa shape index (κ1) is 42.2. The van der Waals surface area contributed by atoms with Crippen LogP contribution in [-0.2, 0) is 19.1 Å². The Bertz CT molecular complexity index is 1530. The fraction of sp³-hybridized carbons (Fsp3) is 0.896. The maximum absolute atomic E-state index is 15.4. The molecule has 0 bridgehead atoms. The summed E-state index contributed by atoms with van der Waals surface area (Å²) in [6.07, 6.45) is 13.2. The number of hydrogen-bond acceptors (Lipinski definition) is 6. The Hall–Kier alpha value is -1.93. The molecular weight excluding hydrogens is 699 g/mol. The summed E-state index contributed by atoms with van der Waals surface area (Å²) in [6, 6.07) is 0.348. The number of carbonyl (C=O) groups excluding carboxylic acids is 2. The van der Waals surface area contributed by atoms with Crippen LogP contribution in [-0.4, -0.2) is 95.6 Å². The molecule has 7 aliphatic rings. The van der Waals surface area contributed by atoms with Crippen LogP contribution in [0.2, 0.25) is 0 Å². The molecule has 1 amide bonds. The number of likely N-dealkylation sites (N-methyl/N-ethyl adjacent to an activating group) is 1. The number of carboxylic acid groups (broad SMARTS) is 1. The molecule has 2 heterocycles. The number of allylic oxidation sites excluding steroid dienone is 1.